The first-order chi connectivity index (χ1) is 9.56. The number of amides is 1. The first-order valence-electron chi connectivity index (χ1n) is 6.07. The van der Waals surface area contributed by atoms with Gasteiger partial charge in [-0.3, -0.25) is 4.79 Å². The number of carbonyl (C=O) groups excluding carboxylic acids is 1. The van der Waals surface area contributed by atoms with Crippen molar-refractivity contribution in [1.29, 1.82) is 0 Å². The molecule has 0 fully saturated rings. The van der Waals surface area contributed by atoms with Crippen molar-refractivity contribution in [1.82, 2.24) is 5.32 Å². The van der Waals surface area contributed by atoms with E-state index < -0.39 is 0 Å². The largest absolute Gasteiger partial charge is 0.507 e. The molecule has 0 bridgehead atoms. The Bertz CT molecular complexity index is 614. The SMILES string of the molecule is O=C(NCCc1ccc(F)cc1)c1cc(Br)ccc1O. The highest BCUT2D eigenvalue weighted by atomic mass is 79.9. The van der Waals surface area contributed by atoms with Gasteiger partial charge in [0.1, 0.15) is 11.6 Å². The molecule has 0 aliphatic carbocycles. The standard InChI is InChI=1S/C15H13BrFNO2/c16-11-3-6-14(19)13(9-11)15(20)18-8-7-10-1-4-12(17)5-2-10/h1-6,9,19H,7-8H2,(H,18,20). The van der Waals surface area contributed by atoms with Crippen LogP contribution in [0.25, 0.3) is 0 Å². The molecule has 0 spiro atoms. The van der Waals surface area contributed by atoms with E-state index >= 15 is 0 Å². The molecule has 1 amide bonds. The minimum Gasteiger partial charge on any atom is -0.507 e. The summed E-state index contributed by atoms with van der Waals surface area (Å²) in [5, 5.41) is 12.3. The molecule has 2 aromatic rings. The highest BCUT2D eigenvalue weighted by Crippen LogP contribution is 2.21. The molecule has 104 valence electrons. The summed E-state index contributed by atoms with van der Waals surface area (Å²) in [6, 6.07) is 10.8. The number of rotatable bonds is 4. The molecule has 2 aromatic carbocycles. The molecule has 2 rings (SSSR count). The van der Waals surface area contributed by atoms with E-state index in [0.29, 0.717) is 13.0 Å². The van der Waals surface area contributed by atoms with Crippen LogP contribution >= 0.6 is 15.9 Å². The Morgan fingerprint density at radius 2 is 1.90 bits per heavy atom. The van der Waals surface area contributed by atoms with Gasteiger partial charge in [-0.2, -0.15) is 0 Å². The first-order valence-corrected chi connectivity index (χ1v) is 6.87. The number of hydrogen-bond acceptors (Lipinski definition) is 2. The van der Waals surface area contributed by atoms with Crippen molar-refractivity contribution in [2.24, 2.45) is 0 Å². The monoisotopic (exact) mass is 337 g/mol. The number of carbonyl (C=O) groups is 1. The minimum atomic E-state index is -0.342. The van der Waals surface area contributed by atoms with Gasteiger partial charge in [-0.25, -0.2) is 4.39 Å². The maximum Gasteiger partial charge on any atom is 0.255 e. The van der Waals surface area contributed by atoms with E-state index in [1.807, 2.05) is 0 Å². The van der Waals surface area contributed by atoms with E-state index in [0.717, 1.165) is 10.0 Å². The average Bonchev–Trinajstić information content (AvgIpc) is 2.43. The molecule has 0 heterocycles. The van der Waals surface area contributed by atoms with Gasteiger partial charge in [0.2, 0.25) is 0 Å². The fourth-order valence-electron chi connectivity index (χ4n) is 1.76. The zero-order chi connectivity index (χ0) is 14.5. The molecule has 0 aromatic heterocycles. The maximum atomic E-state index is 12.7. The highest BCUT2D eigenvalue weighted by Gasteiger charge is 2.10. The molecule has 0 atom stereocenters. The van der Waals surface area contributed by atoms with E-state index in [-0.39, 0.29) is 23.0 Å². The zero-order valence-electron chi connectivity index (χ0n) is 10.6. The van der Waals surface area contributed by atoms with E-state index in [9.17, 15) is 14.3 Å². The molecule has 0 aliphatic heterocycles. The van der Waals surface area contributed by atoms with E-state index in [1.165, 1.54) is 18.2 Å². The van der Waals surface area contributed by atoms with Gasteiger partial charge in [0.25, 0.3) is 5.91 Å². The number of phenols is 1. The molecular formula is C15H13BrFNO2. The summed E-state index contributed by atoms with van der Waals surface area (Å²) < 4.78 is 13.5. The van der Waals surface area contributed by atoms with E-state index in [1.54, 1.807) is 24.3 Å². The highest BCUT2D eigenvalue weighted by molar-refractivity contribution is 9.10. The van der Waals surface area contributed by atoms with Crippen LogP contribution in [-0.4, -0.2) is 17.6 Å². The quantitative estimate of drug-likeness (QED) is 0.899. The number of phenolic OH excluding ortho intramolecular Hbond substituents is 1. The Balaban J connectivity index is 1.92. The maximum absolute atomic E-state index is 12.7. The van der Waals surface area contributed by atoms with Gasteiger partial charge in [0.15, 0.2) is 0 Å². The van der Waals surface area contributed by atoms with Crippen LogP contribution in [0.15, 0.2) is 46.9 Å². The lowest BCUT2D eigenvalue weighted by Gasteiger charge is -2.07. The summed E-state index contributed by atoms with van der Waals surface area (Å²) >= 11 is 3.25. The first kappa shape index (κ1) is 14.5. The molecule has 0 unspecified atom stereocenters. The van der Waals surface area contributed by atoms with Gasteiger partial charge in [-0.1, -0.05) is 28.1 Å². The Labute approximate surface area is 124 Å². The van der Waals surface area contributed by atoms with Gasteiger partial charge in [0, 0.05) is 11.0 Å². The minimum absolute atomic E-state index is 0.0625. The summed E-state index contributed by atoms with van der Waals surface area (Å²) in [5.74, 6) is -0.685. The fourth-order valence-corrected chi connectivity index (χ4v) is 2.12. The topological polar surface area (TPSA) is 49.3 Å². The second-order valence-corrected chi connectivity index (χ2v) is 5.21. The van der Waals surface area contributed by atoms with Crippen LogP contribution in [0.3, 0.4) is 0 Å². The number of aromatic hydroxyl groups is 1. The summed E-state index contributed by atoms with van der Waals surface area (Å²) in [7, 11) is 0. The molecule has 0 aliphatic rings. The number of hydrogen-bond donors (Lipinski definition) is 2. The summed E-state index contributed by atoms with van der Waals surface area (Å²) in [6.07, 6.45) is 0.598. The number of halogens is 2. The van der Waals surface area contributed by atoms with Crippen LogP contribution in [0.2, 0.25) is 0 Å². The third-order valence-corrected chi connectivity index (χ3v) is 3.31. The smallest absolute Gasteiger partial charge is 0.255 e. The Morgan fingerprint density at radius 1 is 1.20 bits per heavy atom. The Morgan fingerprint density at radius 3 is 2.60 bits per heavy atom. The zero-order valence-corrected chi connectivity index (χ0v) is 12.2. The van der Waals surface area contributed by atoms with Crippen LogP contribution in [0.1, 0.15) is 15.9 Å². The third-order valence-electron chi connectivity index (χ3n) is 2.82. The van der Waals surface area contributed by atoms with Crippen molar-refractivity contribution in [3.63, 3.8) is 0 Å². The summed E-state index contributed by atoms with van der Waals surface area (Å²) in [6.45, 7) is 0.413. The van der Waals surface area contributed by atoms with Crippen molar-refractivity contribution >= 4 is 21.8 Å². The lowest BCUT2D eigenvalue weighted by atomic mass is 10.1. The van der Waals surface area contributed by atoms with Gasteiger partial charge < -0.3 is 10.4 Å². The molecule has 0 saturated carbocycles. The van der Waals surface area contributed by atoms with Crippen molar-refractivity contribution < 1.29 is 14.3 Å². The molecule has 0 radical (unpaired) electrons. The van der Waals surface area contributed by atoms with Gasteiger partial charge in [-0.05, 0) is 42.3 Å². The van der Waals surface area contributed by atoms with Gasteiger partial charge >= 0.3 is 0 Å². The predicted octanol–water partition coefficient (Wildman–Crippen LogP) is 3.27. The fraction of sp³-hybridized carbons (Fsp3) is 0.133. The normalized spacial score (nSPS) is 10.3. The van der Waals surface area contributed by atoms with Crippen LogP contribution in [0.5, 0.6) is 5.75 Å². The molecule has 20 heavy (non-hydrogen) atoms. The molecule has 5 heteroatoms. The van der Waals surface area contributed by atoms with Crippen molar-refractivity contribution in [2.45, 2.75) is 6.42 Å². The van der Waals surface area contributed by atoms with Crippen LogP contribution in [0, 0.1) is 5.82 Å². The van der Waals surface area contributed by atoms with E-state index in [4.69, 9.17) is 0 Å². The van der Waals surface area contributed by atoms with Gasteiger partial charge in [-0.15, -0.1) is 0 Å². The van der Waals surface area contributed by atoms with E-state index in [2.05, 4.69) is 21.2 Å². The molecular weight excluding hydrogens is 325 g/mol. The Kier molecular flexibility index (Phi) is 4.74. The predicted molar refractivity (Wildman–Crippen MR) is 78.2 cm³/mol. The third kappa shape index (κ3) is 3.81. The second-order valence-electron chi connectivity index (χ2n) is 4.29. The lowest BCUT2D eigenvalue weighted by molar-refractivity contribution is 0.0951. The van der Waals surface area contributed by atoms with Crippen molar-refractivity contribution in [3.8, 4) is 5.75 Å². The van der Waals surface area contributed by atoms with Crippen molar-refractivity contribution in [3.05, 3.63) is 63.9 Å². The van der Waals surface area contributed by atoms with Crippen LogP contribution < -0.4 is 5.32 Å². The second kappa shape index (κ2) is 6.52. The molecule has 3 nitrogen and oxygen atoms in total. The van der Waals surface area contributed by atoms with Gasteiger partial charge in [0.05, 0.1) is 5.56 Å². The van der Waals surface area contributed by atoms with Crippen LogP contribution in [0.4, 0.5) is 4.39 Å². The Hall–Kier alpha value is -1.88. The van der Waals surface area contributed by atoms with Crippen molar-refractivity contribution in [2.75, 3.05) is 6.54 Å². The lowest BCUT2D eigenvalue weighted by Crippen LogP contribution is -2.25. The summed E-state index contributed by atoms with van der Waals surface area (Å²) in [5.41, 5.74) is 1.16. The molecule has 0 saturated heterocycles. The number of benzene rings is 2. The van der Waals surface area contributed by atoms with Crippen LogP contribution in [-0.2, 0) is 6.42 Å². The molecule has 2 N–H and O–H groups in total. The summed E-state index contributed by atoms with van der Waals surface area (Å²) in [4.78, 5) is 11.9. The number of nitrogens with one attached hydrogen (secondary N) is 1. The average molecular weight is 338 g/mol.